The molecule has 1 atom stereocenters. The molecule has 0 aliphatic carbocycles. The highest BCUT2D eigenvalue weighted by Gasteiger charge is 2.18. The molecule has 0 aliphatic heterocycles. The molecule has 1 N–H and O–H groups in total. The van der Waals surface area contributed by atoms with Crippen LogP contribution < -0.4 is 5.32 Å². The van der Waals surface area contributed by atoms with Crippen molar-refractivity contribution in [2.75, 3.05) is 27.2 Å². The molecule has 94 valence electrons. The van der Waals surface area contributed by atoms with Gasteiger partial charge >= 0.3 is 0 Å². The SMILES string of the molecule is CNCCCN(C)C(C)C(=O)c1ccccc1. The lowest BCUT2D eigenvalue weighted by molar-refractivity contribution is 0.0868. The molecule has 0 heterocycles. The summed E-state index contributed by atoms with van der Waals surface area (Å²) in [5, 5.41) is 3.11. The number of Topliss-reactive ketones (excluding diaryl/α,β-unsaturated/α-hetero) is 1. The van der Waals surface area contributed by atoms with E-state index in [-0.39, 0.29) is 11.8 Å². The van der Waals surface area contributed by atoms with Crippen molar-refractivity contribution in [1.29, 1.82) is 0 Å². The minimum absolute atomic E-state index is 0.0609. The molecule has 0 fully saturated rings. The number of hydrogen-bond acceptors (Lipinski definition) is 3. The van der Waals surface area contributed by atoms with Crippen molar-refractivity contribution in [3.05, 3.63) is 35.9 Å². The summed E-state index contributed by atoms with van der Waals surface area (Å²) in [6.07, 6.45) is 1.05. The van der Waals surface area contributed by atoms with Gasteiger partial charge in [-0.25, -0.2) is 0 Å². The Labute approximate surface area is 104 Å². The summed E-state index contributed by atoms with van der Waals surface area (Å²) in [6.45, 7) is 3.88. The standard InChI is InChI=1S/C14H22N2O/c1-12(16(3)11-7-10-15-2)14(17)13-8-5-4-6-9-13/h4-6,8-9,12,15H,7,10-11H2,1-3H3. The summed E-state index contributed by atoms with van der Waals surface area (Å²) in [4.78, 5) is 14.3. The molecule has 1 aromatic carbocycles. The van der Waals surface area contributed by atoms with Crippen LogP contribution >= 0.6 is 0 Å². The van der Waals surface area contributed by atoms with Gasteiger partial charge in [-0.15, -0.1) is 0 Å². The molecule has 17 heavy (non-hydrogen) atoms. The van der Waals surface area contributed by atoms with Gasteiger partial charge in [-0.05, 0) is 40.5 Å². The van der Waals surface area contributed by atoms with E-state index in [9.17, 15) is 4.79 Å². The van der Waals surface area contributed by atoms with E-state index in [1.54, 1.807) is 0 Å². The highest BCUT2D eigenvalue weighted by atomic mass is 16.1. The smallest absolute Gasteiger partial charge is 0.179 e. The molecule has 0 saturated heterocycles. The number of benzene rings is 1. The summed E-state index contributed by atoms with van der Waals surface area (Å²) < 4.78 is 0. The van der Waals surface area contributed by atoms with Crippen molar-refractivity contribution in [2.24, 2.45) is 0 Å². The van der Waals surface area contributed by atoms with E-state index in [2.05, 4.69) is 10.2 Å². The van der Waals surface area contributed by atoms with Gasteiger partial charge in [-0.3, -0.25) is 9.69 Å². The number of carbonyl (C=O) groups is 1. The maximum Gasteiger partial charge on any atom is 0.179 e. The van der Waals surface area contributed by atoms with Crippen LogP contribution in [0.15, 0.2) is 30.3 Å². The van der Waals surface area contributed by atoms with Crippen LogP contribution in [-0.2, 0) is 0 Å². The lowest BCUT2D eigenvalue weighted by Gasteiger charge is -2.23. The first-order chi connectivity index (χ1) is 8.16. The van der Waals surface area contributed by atoms with Gasteiger partial charge in [-0.2, -0.15) is 0 Å². The highest BCUT2D eigenvalue weighted by Crippen LogP contribution is 2.07. The lowest BCUT2D eigenvalue weighted by atomic mass is 10.0. The second-order valence-corrected chi connectivity index (χ2v) is 4.34. The number of nitrogens with one attached hydrogen (secondary N) is 1. The summed E-state index contributed by atoms with van der Waals surface area (Å²) in [6, 6.07) is 9.43. The monoisotopic (exact) mass is 234 g/mol. The molecule has 0 bridgehead atoms. The zero-order chi connectivity index (χ0) is 12.7. The van der Waals surface area contributed by atoms with E-state index in [1.807, 2.05) is 51.4 Å². The van der Waals surface area contributed by atoms with Crippen molar-refractivity contribution in [3.8, 4) is 0 Å². The van der Waals surface area contributed by atoms with Crippen molar-refractivity contribution >= 4 is 5.78 Å². The first kappa shape index (κ1) is 13.9. The average molecular weight is 234 g/mol. The van der Waals surface area contributed by atoms with Crippen LogP contribution in [0.1, 0.15) is 23.7 Å². The van der Waals surface area contributed by atoms with Crippen molar-refractivity contribution in [2.45, 2.75) is 19.4 Å². The van der Waals surface area contributed by atoms with Crippen LogP contribution in [0.25, 0.3) is 0 Å². The Bertz CT molecular complexity index is 337. The fraction of sp³-hybridized carbons (Fsp3) is 0.500. The van der Waals surface area contributed by atoms with Gasteiger partial charge in [0.2, 0.25) is 0 Å². The summed E-state index contributed by atoms with van der Waals surface area (Å²) in [5.74, 6) is 0.192. The number of hydrogen-bond donors (Lipinski definition) is 1. The normalized spacial score (nSPS) is 12.7. The van der Waals surface area contributed by atoms with Crippen LogP contribution in [0, 0.1) is 0 Å². The van der Waals surface area contributed by atoms with E-state index >= 15 is 0 Å². The number of likely N-dealkylation sites (N-methyl/N-ethyl adjacent to an activating group) is 1. The molecule has 0 amide bonds. The maximum absolute atomic E-state index is 12.2. The van der Waals surface area contributed by atoms with E-state index in [0.29, 0.717) is 0 Å². The van der Waals surface area contributed by atoms with E-state index in [0.717, 1.165) is 25.1 Å². The fourth-order valence-corrected chi connectivity index (χ4v) is 1.74. The van der Waals surface area contributed by atoms with Gasteiger partial charge in [0.15, 0.2) is 5.78 Å². The molecule has 0 radical (unpaired) electrons. The molecular formula is C14H22N2O. The Morgan fingerprint density at radius 1 is 1.35 bits per heavy atom. The number of rotatable bonds is 7. The Balaban J connectivity index is 2.51. The average Bonchev–Trinajstić information content (AvgIpc) is 2.38. The molecule has 0 spiro atoms. The molecule has 0 aromatic heterocycles. The van der Waals surface area contributed by atoms with Gasteiger partial charge in [-0.1, -0.05) is 30.3 Å². The first-order valence-electron chi connectivity index (χ1n) is 6.11. The third-order valence-corrected chi connectivity index (χ3v) is 3.04. The second kappa shape index (κ2) is 7.20. The zero-order valence-electron chi connectivity index (χ0n) is 10.9. The molecule has 1 aromatic rings. The third-order valence-electron chi connectivity index (χ3n) is 3.04. The minimum atomic E-state index is -0.0609. The van der Waals surface area contributed by atoms with E-state index in [4.69, 9.17) is 0 Å². The van der Waals surface area contributed by atoms with Crippen LogP contribution in [0.2, 0.25) is 0 Å². The molecule has 0 aliphatic rings. The van der Waals surface area contributed by atoms with Crippen LogP contribution in [0.3, 0.4) is 0 Å². The maximum atomic E-state index is 12.2. The van der Waals surface area contributed by atoms with Gasteiger partial charge in [0, 0.05) is 5.56 Å². The van der Waals surface area contributed by atoms with Gasteiger partial charge < -0.3 is 5.32 Å². The molecular weight excluding hydrogens is 212 g/mol. The molecule has 3 heteroatoms. The largest absolute Gasteiger partial charge is 0.320 e. The second-order valence-electron chi connectivity index (χ2n) is 4.34. The van der Waals surface area contributed by atoms with Crippen molar-refractivity contribution in [3.63, 3.8) is 0 Å². The number of ketones is 1. The molecule has 1 unspecified atom stereocenters. The highest BCUT2D eigenvalue weighted by molar-refractivity contribution is 5.99. The van der Waals surface area contributed by atoms with Gasteiger partial charge in [0.05, 0.1) is 6.04 Å². The van der Waals surface area contributed by atoms with E-state index < -0.39 is 0 Å². The summed E-state index contributed by atoms with van der Waals surface area (Å²) in [5.41, 5.74) is 0.792. The zero-order valence-corrected chi connectivity index (χ0v) is 10.9. The Morgan fingerprint density at radius 2 is 2.00 bits per heavy atom. The topological polar surface area (TPSA) is 32.3 Å². The molecule has 1 rings (SSSR count). The van der Waals surface area contributed by atoms with Crippen molar-refractivity contribution < 1.29 is 4.79 Å². The Kier molecular flexibility index (Phi) is 5.87. The molecule has 0 saturated carbocycles. The number of nitrogens with zero attached hydrogens (tertiary/aromatic N) is 1. The van der Waals surface area contributed by atoms with E-state index in [1.165, 1.54) is 0 Å². The Hall–Kier alpha value is -1.19. The quantitative estimate of drug-likeness (QED) is 0.577. The molecule has 3 nitrogen and oxygen atoms in total. The van der Waals surface area contributed by atoms with Gasteiger partial charge in [0.25, 0.3) is 0 Å². The fourth-order valence-electron chi connectivity index (χ4n) is 1.74. The predicted molar refractivity (Wildman–Crippen MR) is 71.4 cm³/mol. The van der Waals surface area contributed by atoms with Crippen LogP contribution in [-0.4, -0.2) is 43.9 Å². The third kappa shape index (κ3) is 4.29. The summed E-state index contributed by atoms with van der Waals surface area (Å²) >= 11 is 0. The first-order valence-corrected chi connectivity index (χ1v) is 6.11. The van der Waals surface area contributed by atoms with Crippen molar-refractivity contribution in [1.82, 2.24) is 10.2 Å². The number of carbonyl (C=O) groups excluding carboxylic acids is 1. The van der Waals surface area contributed by atoms with Crippen LogP contribution in [0.4, 0.5) is 0 Å². The van der Waals surface area contributed by atoms with Crippen LogP contribution in [0.5, 0.6) is 0 Å². The predicted octanol–water partition coefficient (Wildman–Crippen LogP) is 1.80. The lowest BCUT2D eigenvalue weighted by Crippen LogP contribution is -2.37. The Morgan fingerprint density at radius 3 is 2.59 bits per heavy atom. The minimum Gasteiger partial charge on any atom is -0.320 e. The van der Waals surface area contributed by atoms with Gasteiger partial charge in [0.1, 0.15) is 0 Å². The summed E-state index contributed by atoms with van der Waals surface area (Å²) in [7, 11) is 3.94.